The molecule has 2 N–H and O–H groups in total. The first kappa shape index (κ1) is 18.5. The molecular weight excluding hydrogens is 382 g/mol. The van der Waals surface area contributed by atoms with Crippen LogP contribution in [-0.2, 0) is 10.0 Å². The van der Waals surface area contributed by atoms with Gasteiger partial charge in [-0.25, -0.2) is 8.42 Å². The van der Waals surface area contributed by atoms with Crippen molar-refractivity contribution in [2.45, 2.75) is 18.9 Å². The molecule has 4 heterocycles. The second-order valence-electron chi connectivity index (χ2n) is 7.34. The number of piperidine rings is 3. The molecule has 0 unspecified atom stereocenters. The number of sulfonamides is 1. The van der Waals surface area contributed by atoms with Crippen LogP contribution in [0.2, 0.25) is 0 Å². The molecule has 2 aromatic rings. The predicted octanol–water partition coefficient (Wildman–Crippen LogP) is 2.61. The summed E-state index contributed by atoms with van der Waals surface area (Å²) in [5.41, 5.74) is 2.12. The van der Waals surface area contributed by atoms with Gasteiger partial charge in [0.05, 0.1) is 16.8 Å². The average molecular weight is 406 g/mol. The number of para-hydroxylation sites is 1. The van der Waals surface area contributed by atoms with Crippen LogP contribution in [0.1, 0.15) is 22.5 Å². The Labute approximate surface area is 163 Å². The highest BCUT2D eigenvalue weighted by Crippen LogP contribution is 2.33. The Kier molecular flexibility index (Phi) is 4.96. The van der Waals surface area contributed by atoms with Gasteiger partial charge in [0.15, 0.2) is 0 Å². The molecule has 5 rings (SSSR count). The van der Waals surface area contributed by atoms with Gasteiger partial charge < -0.3 is 10.2 Å². The lowest BCUT2D eigenvalue weighted by Crippen LogP contribution is -2.57. The number of amides is 1. The summed E-state index contributed by atoms with van der Waals surface area (Å²) < 4.78 is 25.8. The first-order valence-electron chi connectivity index (χ1n) is 9.08. The monoisotopic (exact) mass is 405 g/mol. The van der Waals surface area contributed by atoms with Gasteiger partial charge in [-0.3, -0.25) is 9.52 Å². The number of nitrogens with one attached hydrogen (secondary N) is 2. The van der Waals surface area contributed by atoms with Crippen molar-refractivity contribution in [1.29, 1.82) is 0 Å². The number of anilines is 1. The van der Waals surface area contributed by atoms with Crippen LogP contribution >= 0.6 is 11.3 Å². The van der Waals surface area contributed by atoms with Crippen LogP contribution in [0.4, 0.5) is 5.69 Å². The van der Waals surface area contributed by atoms with Gasteiger partial charge in [0.25, 0.3) is 5.91 Å². The van der Waals surface area contributed by atoms with Crippen LogP contribution in [0, 0.1) is 5.92 Å². The Morgan fingerprint density at radius 1 is 1.22 bits per heavy atom. The number of carbonyl (C=O) groups is 1. The van der Waals surface area contributed by atoms with Crippen LogP contribution in [0.25, 0.3) is 11.1 Å². The lowest BCUT2D eigenvalue weighted by molar-refractivity contribution is 0.0622. The SMILES string of the molecule is CS(=O)(=O)Nc1ccccc1-c1csc(C(=O)N[C@H]2CN3CCC2CC3)c1. The van der Waals surface area contributed by atoms with Crippen molar-refractivity contribution in [2.24, 2.45) is 5.92 Å². The first-order valence-corrected chi connectivity index (χ1v) is 11.8. The van der Waals surface area contributed by atoms with Crippen LogP contribution in [0.5, 0.6) is 0 Å². The van der Waals surface area contributed by atoms with Crippen LogP contribution in [-0.4, -0.2) is 51.2 Å². The van der Waals surface area contributed by atoms with E-state index in [9.17, 15) is 13.2 Å². The average Bonchev–Trinajstić information content (AvgIpc) is 3.12. The highest BCUT2D eigenvalue weighted by molar-refractivity contribution is 7.92. The fourth-order valence-electron chi connectivity index (χ4n) is 3.99. The van der Waals surface area contributed by atoms with Gasteiger partial charge in [0, 0.05) is 18.2 Å². The molecule has 144 valence electrons. The molecule has 3 aliphatic heterocycles. The summed E-state index contributed by atoms with van der Waals surface area (Å²) in [7, 11) is -3.37. The highest BCUT2D eigenvalue weighted by Gasteiger charge is 2.35. The van der Waals surface area contributed by atoms with E-state index in [0.29, 0.717) is 16.5 Å². The minimum Gasteiger partial charge on any atom is -0.347 e. The highest BCUT2D eigenvalue weighted by atomic mass is 32.2. The molecule has 1 atom stereocenters. The van der Waals surface area contributed by atoms with Crippen molar-refractivity contribution in [3.05, 3.63) is 40.6 Å². The van der Waals surface area contributed by atoms with Crippen molar-refractivity contribution in [3.63, 3.8) is 0 Å². The van der Waals surface area contributed by atoms with Gasteiger partial charge >= 0.3 is 0 Å². The molecule has 8 heteroatoms. The minimum atomic E-state index is -3.37. The maximum Gasteiger partial charge on any atom is 0.261 e. The quantitative estimate of drug-likeness (QED) is 0.802. The molecule has 27 heavy (non-hydrogen) atoms. The number of carbonyl (C=O) groups excluding carboxylic acids is 1. The Hall–Kier alpha value is -1.90. The van der Waals surface area contributed by atoms with Crippen LogP contribution < -0.4 is 10.0 Å². The van der Waals surface area contributed by atoms with Crippen molar-refractivity contribution in [1.82, 2.24) is 10.2 Å². The van der Waals surface area contributed by atoms with E-state index in [2.05, 4.69) is 14.9 Å². The predicted molar refractivity (Wildman–Crippen MR) is 109 cm³/mol. The second kappa shape index (κ2) is 7.26. The topological polar surface area (TPSA) is 78.5 Å². The lowest BCUT2D eigenvalue weighted by Gasteiger charge is -2.44. The zero-order chi connectivity index (χ0) is 19.0. The molecular formula is C19H23N3O3S2. The van der Waals surface area contributed by atoms with E-state index in [-0.39, 0.29) is 11.9 Å². The smallest absolute Gasteiger partial charge is 0.261 e. The summed E-state index contributed by atoms with van der Waals surface area (Å²) in [6.07, 6.45) is 3.44. The summed E-state index contributed by atoms with van der Waals surface area (Å²) in [4.78, 5) is 15.8. The van der Waals surface area contributed by atoms with Crippen molar-refractivity contribution < 1.29 is 13.2 Å². The fourth-order valence-corrected chi connectivity index (χ4v) is 5.38. The summed E-state index contributed by atoms with van der Waals surface area (Å²) in [5.74, 6) is 0.539. The first-order chi connectivity index (χ1) is 12.9. The van der Waals surface area contributed by atoms with Crippen molar-refractivity contribution >= 4 is 33.0 Å². The third kappa shape index (κ3) is 4.17. The molecule has 2 bridgehead atoms. The zero-order valence-electron chi connectivity index (χ0n) is 15.1. The third-order valence-corrected chi connectivity index (χ3v) is 6.85. The molecule has 0 saturated carbocycles. The normalized spacial score (nSPS) is 24.6. The Morgan fingerprint density at radius 3 is 2.63 bits per heavy atom. The maximum atomic E-state index is 12.7. The molecule has 0 radical (unpaired) electrons. The number of hydrogen-bond donors (Lipinski definition) is 2. The number of hydrogen-bond acceptors (Lipinski definition) is 5. The zero-order valence-corrected chi connectivity index (χ0v) is 16.8. The van der Waals surface area contributed by atoms with E-state index in [0.717, 1.165) is 49.9 Å². The largest absolute Gasteiger partial charge is 0.347 e. The van der Waals surface area contributed by atoms with Gasteiger partial charge in [-0.15, -0.1) is 11.3 Å². The summed E-state index contributed by atoms with van der Waals surface area (Å²) in [6, 6.07) is 9.28. The van der Waals surface area contributed by atoms with Gasteiger partial charge in [0.1, 0.15) is 0 Å². The Morgan fingerprint density at radius 2 is 1.96 bits per heavy atom. The Balaban J connectivity index is 1.51. The minimum absolute atomic E-state index is 0.0430. The number of thiophene rings is 1. The molecule has 0 aliphatic carbocycles. The number of rotatable bonds is 5. The lowest BCUT2D eigenvalue weighted by atomic mass is 9.84. The molecule has 0 spiro atoms. The number of fused-ring (bicyclic) bond motifs is 3. The van der Waals surface area contributed by atoms with E-state index in [1.165, 1.54) is 11.3 Å². The molecule has 1 aromatic heterocycles. The molecule has 6 nitrogen and oxygen atoms in total. The van der Waals surface area contributed by atoms with E-state index in [1.54, 1.807) is 12.1 Å². The van der Waals surface area contributed by atoms with Crippen molar-refractivity contribution in [2.75, 3.05) is 30.6 Å². The van der Waals surface area contributed by atoms with E-state index in [4.69, 9.17) is 0 Å². The van der Waals surface area contributed by atoms with E-state index < -0.39 is 10.0 Å². The molecule has 3 fully saturated rings. The van der Waals surface area contributed by atoms with Gasteiger partial charge in [-0.2, -0.15) is 0 Å². The van der Waals surface area contributed by atoms with Crippen LogP contribution in [0.3, 0.4) is 0 Å². The molecule has 1 amide bonds. The summed E-state index contributed by atoms with van der Waals surface area (Å²) in [6.45, 7) is 3.23. The summed E-state index contributed by atoms with van der Waals surface area (Å²) in [5, 5.41) is 5.10. The Bertz CT molecular complexity index is 947. The van der Waals surface area contributed by atoms with Crippen molar-refractivity contribution in [3.8, 4) is 11.1 Å². The standard InChI is InChI=1S/C19H23N3O3S2/c1-27(24,25)21-16-5-3-2-4-15(16)14-10-18(26-12-14)19(23)20-17-11-22-8-6-13(17)7-9-22/h2-5,10,12-13,17,21H,6-9,11H2,1H3,(H,20,23)/t17-/m0/s1. The molecule has 3 saturated heterocycles. The number of benzene rings is 1. The molecule has 1 aromatic carbocycles. The third-order valence-electron chi connectivity index (χ3n) is 5.33. The molecule has 3 aliphatic rings. The van der Waals surface area contributed by atoms with Crippen LogP contribution in [0.15, 0.2) is 35.7 Å². The van der Waals surface area contributed by atoms with Gasteiger partial charge in [-0.05, 0) is 54.9 Å². The van der Waals surface area contributed by atoms with E-state index in [1.807, 2.05) is 23.6 Å². The van der Waals surface area contributed by atoms with Gasteiger partial charge in [-0.1, -0.05) is 18.2 Å². The second-order valence-corrected chi connectivity index (χ2v) is 10.00. The maximum absolute atomic E-state index is 12.7. The van der Waals surface area contributed by atoms with E-state index >= 15 is 0 Å². The fraction of sp³-hybridized carbons (Fsp3) is 0.421. The summed E-state index contributed by atoms with van der Waals surface area (Å²) >= 11 is 1.38. The van der Waals surface area contributed by atoms with Gasteiger partial charge in [0.2, 0.25) is 10.0 Å². The number of nitrogens with zero attached hydrogens (tertiary/aromatic N) is 1.